The Labute approximate surface area is 161 Å². The average molecular weight is 385 g/mol. The van der Waals surface area contributed by atoms with E-state index in [9.17, 15) is 14.5 Å². The third kappa shape index (κ3) is 4.70. The zero-order valence-corrected chi connectivity index (χ0v) is 15.4. The van der Waals surface area contributed by atoms with E-state index in [1.807, 2.05) is 31.2 Å². The Morgan fingerprint density at radius 3 is 2.30 bits per heavy atom. The average Bonchev–Trinajstić information content (AvgIpc) is 2.67. The number of nitro groups is 1. The minimum Gasteiger partial charge on any atom is -0.300 e. The fourth-order valence-corrected chi connectivity index (χ4v) is 3.11. The van der Waals surface area contributed by atoms with Crippen molar-refractivity contribution in [3.8, 4) is 0 Å². The maximum Gasteiger partial charge on any atom is 0.269 e. The van der Waals surface area contributed by atoms with E-state index < -0.39 is 4.92 Å². The van der Waals surface area contributed by atoms with Gasteiger partial charge in [-0.3, -0.25) is 15.4 Å². The van der Waals surface area contributed by atoms with Crippen molar-refractivity contribution < 1.29 is 9.31 Å². The standard InChI is InChI=1S/C21H18ClFN2O2/c1-14(16-4-2-6-19(23)12-16)24-21(15-8-10-18(22)11-9-15)17-5-3-7-20(13-17)25(26)27/h2-14,21,24H,1H3/t14-,21?/m1/s1. The van der Waals surface area contributed by atoms with Gasteiger partial charge in [0, 0.05) is 23.2 Å². The lowest BCUT2D eigenvalue weighted by molar-refractivity contribution is -0.384. The second-order valence-corrected chi connectivity index (χ2v) is 6.72. The van der Waals surface area contributed by atoms with E-state index in [-0.39, 0.29) is 23.6 Å². The van der Waals surface area contributed by atoms with Crippen LogP contribution in [-0.2, 0) is 0 Å². The van der Waals surface area contributed by atoms with Gasteiger partial charge in [-0.2, -0.15) is 0 Å². The van der Waals surface area contributed by atoms with Crippen LogP contribution in [0.25, 0.3) is 0 Å². The fourth-order valence-electron chi connectivity index (χ4n) is 2.98. The molecule has 0 saturated carbocycles. The number of hydrogen-bond donors (Lipinski definition) is 1. The molecule has 0 fully saturated rings. The minimum atomic E-state index is -0.418. The number of halogens is 2. The Hall–Kier alpha value is -2.76. The van der Waals surface area contributed by atoms with Gasteiger partial charge in [0.05, 0.1) is 11.0 Å². The predicted molar refractivity (Wildman–Crippen MR) is 104 cm³/mol. The lowest BCUT2D eigenvalue weighted by atomic mass is 9.96. The van der Waals surface area contributed by atoms with Gasteiger partial charge < -0.3 is 0 Å². The summed E-state index contributed by atoms with van der Waals surface area (Å²) in [4.78, 5) is 10.7. The van der Waals surface area contributed by atoms with Crippen molar-refractivity contribution in [2.75, 3.05) is 0 Å². The highest BCUT2D eigenvalue weighted by Crippen LogP contribution is 2.29. The van der Waals surface area contributed by atoms with Crippen molar-refractivity contribution in [1.82, 2.24) is 5.32 Å². The summed E-state index contributed by atoms with van der Waals surface area (Å²) in [5.41, 5.74) is 2.46. The van der Waals surface area contributed by atoms with Crippen molar-refractivity contribution in [1.29, 1.82) is 0 Å². The first-order valence-electron chi connectivity index (χ1n) is 8.45. The summed E-state index contributed by atoms with van der Waals surface area (Å²) in [5.74, 6) is -0.306. The number of rotatable bonds is 6. The first-order chi connectivity index (χ1) is 12.9. The Bertz CT molecular complexity index is 947. The van der Waals surface area contributed by atoms with Crippen molar-refractivity contribution in [2.24, 2.45) is 0 Å². The summed E-state index contributed by atoms with van der Waals surface area (Å²) in [6.45, 7) is 1.93. The normalized spacial score (nSPS) is 13.1. The first-order valence-corrected chi connectivity index (χ1v) is 8.83. The van der Waals surface area contributed by atoms with Crippen LogP contribution in [0.4, 0.5) is 10.1 Å². The van der Waals surface area contributed by atoms with E-state index in [1.54, 1.807) is 30.3 Å². The highest BCUT2D eigenvalue weighted by molar-refractivity contribution is 6.30. The molecule has 1 N–H and O–H groups in total. The molecule has 0 aliphatic carbocycles. The minimum absolute atomic E-state index is 0.0201. The van der Waals surface area contributed by atoms with E-state index in [1.165, 1.54) is 18.2 Å². The molecule has 2 atom stereocenters. The van der Waals surface area contributed by atoms with E-state index in [0.29, 0.717) is 5.02 Å². The molecule has 0 aromatic heterocycles. The number of benzene rings is 3. The molecule has 3 aromatic rings. The number of hydrogen-bond acceptors (Lipinski definition) is 3. The summed E-state index contributed by atoms with van der Waals surface area (Å²) >= 11 is 6.00. The molecule has 3 rings (SSSR count). The molecule has 0 saturated heterocycles. The van der Waals surface area contributed by atoms with Crippen LogP contribution >= 0.6 is 11.6 Å². The van der Waals surface area contributed by atoms with Crippen molar-refractivity contribution in [3.63, 3.8) is 0 Å². The molecular weight excluding hydrogens is 367 g/mol. The largest absolute Gasteiger partial charge is 0.300 e. The van der Waals surface area contributed by atoms with E-state index in [2.05, 4.69) is 5.32 Å². The van der Waals surface area contributed by atoms with Crippen LogP contribution in [0.15, 0.2) is 72.8 Å². The van der Waals surface area contributed by atoms with Gasteiger partial charge in [-0.15, -0.1) is 0 Å². The molecule has 27 heavy (non-hydrogen) atoms. The molecule has 0 spiro atoms. The predicted octanol–water partition coefficient (Wildman–Crippen LogP) is 5.83. The van der Waals surface area contributed by atoms with Gasteiger partial charge in [0.1, 0.15) is 5.82 Å². The quantitative estimate of drug-likeness (QED) is 0.430. The molecule has 0 bridgehead atoms. The van der Waals surface area contributed by atoms with Crippen LogP contribution in [0, 0.1) is 15.9 Å². The van der Waals surface area contributed by atoms with E-state index in [0.717, 1.165) is 16.7 Å². The second kappa shape index (κ2) is 8.29. The number of non-ortho nitro benzene ring substituents is 1. The lowest BCUT2D eigenvalue weighted by Crippen LogP contribution is -2.25. The fraction of sp³-hybridized carbons (Fsp3) is 0.143. The summed E-state index contributed by atoms with van der Waals surface area (Å²) < 4.78 is 13.6. The van der Waals surface area contributed by atoms with E-state index in [4.69, 9.17) is 11.6 Å². The third-order valence-electron chi connectivity index (χ3n) is 4.38. The van der Waals surface area contributed by atoms with Crippen molar-refractivity contribution in [2.45, 2.75) is 19.0 Å². The monoisotopic (exact) mass is 384 g/mol. The first kappa shape index (κ1) is 19.0. The van der Waals surface area contributed by atoms with E-state index >= 15 is 0 Å². The van der Waals surface area contributed by atoms with Gasteiger partial charge in [0.15, 0.2) is 0 Å². The molecule has 0 aliphatic rings. The highest BCUT2D eigenvalue weighted by atomic mass is 35.5. The van der Waals surface area contributed by atoms with Crippen LogP contribution in [0.3, 0.4) is 0 Å². The SMILES string of the molecule is C[C@@H](NC(c1ccc(Cl)cc1)c1cccc([N+](=O)[O-])c1)c1cccc(F)c1. The third-order valence-corrected chi connectivity index (χ3v) is 4.64. The van der Waals surface area contributed by atoms with Crippen LogP contribution in [0.5, 0.6) is 0 Å². The summed E-state index contributed by atoms with van der Waals surface area (Å²) in [6, 6.07) is 19.7. The smallest absolute Gasteiger partial charge is 0.269 e. The molecule has 6 heteroatoms. The molecule has 3 aromatic carbocycles. The summed E-state index contributed by atoms with van der Waals surface area (Å²) in [5, 5.41) is 15.2. The Morgan fingerprint density at radius 2 is 1.63 bits per heavy atom. The lowest BCUT2D eigenvalue weighted by Gasteiger charge is -2.25. The van der Waals surface area contributed by atoms with Crippen LogP contribution in [0.1, 0.15) is 35.7 Å². The van der Waals surface area contributed by atoms with Crippen LogP contribution < -0.4 is 5.32 Å². The number of nitrogens with one attached hydrogen (secondary N) is 1. The zero-order chi connectivity index (χ0) is 19.4. The number of nitrogens with zero attached hydrogens (tertiary/aromatic N) is 1. The van der Waals surface area contributed by atoms with Gasteiger partial charge in [0.25, 0.3) is 5.69 Å². The van der Waals surface area contributed by atoms with Crippen LogP contribution in [0.2, 0.25) is 5.02 Å². The molecule has 0 aliphatic heterocycles. The summed E-state index contributed by atoms with van der Waals surface area (Å²) in [6.07, 6.45) is 0. The Morgan fingerprint density at radius 1 is 0.963 bits per heavy atom. The molecular formula is C21H18ClFN2O2. The van der Waals surface area contributed by atoms with Crippen molar-refractivity contribution in [3.05, 3.63) is 110 Å². The molecule has 138 valence electrons. The molecule has 0 radical (unpaired) electrons. The van der Waals surface area contributed by atoms with Gasteiger partial charge >= 0.3 is 0 Å². The van der Waals surface area contributed by atoms with Crippen LogP contribution in [-0.4, -0.2) is 4.92 Å². The molecule has 4 nitrogen and oxygen atoms in total. The maximum atomic E-state index is 13.6. The van der Waals surface area contributed by atoms with Gasteiger partial charge in [0.2, 0.25) is 0 Å². The molecule has 0 amide bonds. The van der Waals surface area contributed by atoms with Crippen molar-refractivity contribution >= 4 is 17.3 Å². The van der Waals surface area contributed by atoms with Gasteiger partial charge in [-0.05, 0) is 47.9 Å². The van der Waals surface area contributed by atoms with Gasteiger partial charge in [-0.1, -0.05) is 48.0 Å². The molecule has 1 unspecified atom stereocenters. The highest BCUT2D eigenvalue weighted by Gasteiger charge is 2.20. The number of nitro benzene ring substituents is 1. The Kier molecular flexibility index (Phi) is 5.84. The Balaban J connectivity index is 1.98. The molecule has 0 heterocycles. The zero-order valence-electron chi connectivity index (χ0n) is 14.6. The topological polar surface area (TPSA) is 55.2 Å². The summed E-state index contributed by atoms with van der Waals surface area (Å²) in [7, 11) is 0. The second-order valence-electron chi connectivity index (χ2n) is 6.28. The maximum absolute atomic E-state index is 13.6. The van der Waals surface area contributed by atoms with Gasteiger partial charge in [-0.25, -0.2) is 4.39 Å².